The fourth-order valence-electron chi connectivity index (χ4n) is 3.42. The smallest absolute Gasteiger partial charge is 0.243 e. The van der Waals surface area contributed by atoms with Gasteiger partial charge in [0.2, 0.25) is 15.9 Å². The molecule has 6 heteroatoms. The third-order valence-corrected chi connectivity index (χ3v) is 5.90. The number of rotatable bonds is 8. The van der Waals surface area contributed by atoms with Gasteiger partial charge in [-0.3, -0.25) is 9.10 Å². The van der Waals surface area contributed by atoms with Crippen LogP contribution in [0.3, 0.4) is 0 Å². The van der Waals surface area contributed by atoms with Crippen LogP contribution in [0.5, 0.6) is 0 Å². The fraction of sp³-hybridized carbons (Fsp3) is 0.550. The van der Waals surface area contributed by atoms with Crippen molar-refractivity contribution < 1.29 is 13.2 Å². The Labute approximate surface area is 157 Å². The maximum absolute atomic E-state index is 12.7. The van der Waals surface area contributed by atoms with Crippen LogP contribution in [-0.2, 0) is 14.8 Å². The molecule has 2 rings (SSSR count). The first-order valence-corrected chi connectivity index (χ1v) is 11.2. The highest BCUT2D eigenvalue weighted by Gasteiger charge is 2.31. The van der Waals surface area contributed by atoms with Crippen molar-refractivity contribution in [3.8, 4) is 0 Å². The minimum Gasteiger partial charge on any atom is -0.354 e. The van der Waals surface area contributed by atoms with E-state index in [0.29, 0.717) is 18.7 Å². The number of hydrogen-bond donors (Lipinski definition) is 1. The Morgan fingerprint density at radius 1 is 1.31 bits per heavy atom. The normalized spacial score (nSPS) is 15.9. The van der Waals surface area contributed by atoms with E-state index in [1.54, 1.807) is 12.1 Å². The van der Waals surface area contributed by atoms with E-state index in [-0.39, 0.29) is 5.91 Å². The topological polar surface area (TPSA) is 66.5 Å². The number of anilines is 1. The van der Waals surface area contributed by atoms with Gasteiger partial charge >= 0.3 is 0 Å². The van der Waals surface area contributed by atoms with Crippen molar-refractivity contribution in [1.29, 1.82) is 0 Å². The standard InChI is InChI=1S/C20H30N2O3S/c1-4-19(20(23)21-14-13-17-10-6-5-7-11-17)22(26(3,24)25)18-12-8-9-16(2)15-18/h8-10,12,15,19H,4-7,11,13-14H2,1-3H3,(H,21,23)/t19-/m1/s1. The van der Waals surface area contributed by atoms with Crippen LogP contribution in [0, 0.1) is 6.92 Å². The Morgan fingerprint density at radius 2 is 2.08 bits per heavy atom. The van der Waals surface area contributed by atoms with Crippen molar-refractivity contribution in [2.24, 2.45) is 0 Å². The first-order chi connectivity index (χ1) is 12.3. The summed E-state index contributed by atoms with van der Waals surface area (Å²) in [6, 6.07) is 6.50. The second-order valence-electron chi connectivity index (χ2n) is 6.97. The zero-order chi connectivity index (χ0) is 19.2. The molecule has 0 saturated heterocycles. The monoisotopic (exact) mass is 378 g/mol. The molecule has 1 N–H and O–H groups in total. The first-order valence-electron chi connectivity index (χ1n) is 9.34. The molecule has 0 aromatic heterocycles. The van der Waals surface area contributed by atoms with Gasteiger partial charge in [-0.05, 0) is 63.1 Å². The molecule has 0 aliphatic heterocycles. The number of carbonyl (C=O) groups is 1. The molecular weight excluding hydrogens is 348 g/mol. The Hall–Kier alpha value is -1.82. The zero-order valence-electron chi connectivity index (χ0n) is 16.0. The van der Waals surface area contributed by atoms with Gasteiger partial charge in [-0.15, -0.1) is 0 Å². The molecule has 0 saturated carbocycles. The molecule has 0 spiro atoms. The summed E-state index contributed by atoms with van der Waals surface area (Å²) in [6.45, 7) is 4.29. The van der Waals surface area contributed by atoms with Crippen LogP contribution in [0.15, 0.2) is 35.9 Å². The molecule has 5 nitrogen and oxygen atoms in total. The maximum Gasteiger partial charge on any atom is 0.243 e. The average molecular weight is 379 g/mol. The number of allylic oxidation sites excluding steroid dienone is 1. The summed E-state index contributed by atoms with van der Waals surface area (Å²) in [5, 5.41) is 2.93. The van der Waals surface area contributed by atoms with Crippen molar-refractivity contribution in [3.63, 3.8) is 0 Å². The number of hydrogen-bond acceptors (Lipinski definition) is 3. The third kappa shape index (κ3) is 5.59. The lowest BCUT2D eigenvalue weighted by Gasteiger charge is -2.30. The molecular formula is C20H30N2O3S. The number of amides is 1. The Bertz CT molecular complexity index is 756. The minimum absolute atomic E-state index is 0.240. The summed E-state index contributed by atoms with van der Waals surface area (Å²) in [5.74, 6) is -0.240. The number of nitrogens with zero attached hydrogens (tertiary/aromatic N) is 1. The summed E-state index contributed by atoms with van der Waals surface area (Å²) < 4.78 is 26.1. The Morgan fingerprint density at radius 3 is 2.65 bits per heavy atom. The predicted octanol–water partition coefficient (Wildman–Crippen LogP) is 3.55. The largest absolute Gasteiger partial charge is 0.354 e. The van der Waals surface area contributed by atoms with E-state index in [1.807, 2.05) is 26.0 Å². The van der Waals surface area contributed by atoms with E-state index in [9.17, 15) is 13.2 Å². The van der Waals surface area contributed by atoms with Gasteiger partial charge in [-0.1, -0.05) is 30.7 Å². The van der Waals surface area contributed by atoms with Crippen molar-refractivity contribution >= 4 is 21.6 Å². The molecule has 26 heavy (non-hydrogen) atoms. The van der Waals surface area contributed by atoms with Crippen LogP contribution >= 0.6 is 0 Å². The number of carbonyl (C=O) groups excluding carboxylic acids is 1. The van der Waals surface area contributed by atoms with Crippen LogP contribution in [0.4, 0.5) is 5.69 Å². The molecule has 0 fully saturated rings. The number of sulfonamides is 1. The molecule has 1 aromatic rings. The average Bonchev–Trinajstić information content (AvgIpc) is 2.59. The van der Waals surface area contributed by atoms with Crippen LogP contribution < -0.4 is 9.62 Å². The number of benzene rings is 1. The van der Waals surface area contributed by atoms with Gasteiger partial charge in [0.25, 0.3) is 0 Å². The lowest BCUT2D eigenvalue weighted by molar-refractivity contribution is -0.122. The highest BCUT2D eigenvalue weighted by Crippen LogP contribution is 2.24. The van der Waals surface area contributed by atoms with Gasteiger partial charge in [0.05, 0.1) is 11.9 Å². The highest BCUT2D eigenvalue weighted by atomic mass is 32.2. The second kappa shape index (κ2) is 9.21. The molecule has 1 amide bonds. The van der Waals surface area contributed by atoms with Gasteiger partial charge in [-0.25, -0.2) is 8.42 Å². The lowest BCUT2D eigenvalue weighted by Crippen LogP contribution is -2.49. The quantitative estimate of drug-likeness (QED) is 0.704. The third-order valence-electron chi connectivity index (χ3n) is 4.72. The Kier molecular flexibility index (Phi) is 7.26. The van der Waals surface area contributed by atoms with E-state index in [0.717, 1.165) is 31.1 Å². The summed E-state index contributed by atoms with van der Waals surface area (Å²) in [6.07, 6.45) is 9.35. The fourth-order valence-corrected chi connectivity index (χ4v) is 4.62. The van der Waals surface area contributed by atoms with Crippen LogP contribution in [-0.4, -0.2) is 33.2 Å². The second-order valence-corrected chi connectivity index (χ2v) is 8.83. The molecule has 0 bridgehead atoms. The van der Waals surface area contributed by atoms with Crippen LogP contribution in [0.1, 0.15) is 51.0 Å². The lowest BCUT2D eigenvalue weighted by atomic mass is 9.97. The number of nitrogens with one attached hydrogen (secondary N) is 1. The molecule has 0 radical (unpaired) electrons. The molecule has 1 aliphatic rings. The summed E-state index contributed by atoms with van der Waals surface area (Å²) in [4.78, 5) is 12.7. The molecule has 0 heterocycles. The van der Waals surface area contributed by atoms with E-state index < -0.39 is 16.1 Å². The van der Waals surface area contributed by atoms with E-state index >= 15 is 0 Å². The molecule has 144 valence electrons. The highest BCUT2D eigenvalue weighted by molar-refractivity contribution is 7.92. The van der Waals surface area contributed by atoms with E-state index in [1.165, 1.54) is 22.7 Å². The van der Waals surface area contributed by atoms with Crippen molar-refractivity contribution in [1.82, 2.24) is 5.32 Å². The van der Waals surface area contributed by atoms with E-state index in [2.05, 4.69) is 11.4 Å². The summed E-state index contributed by atoms with van der Waals surface area (Å²) >= 11 is 0. The van der Waals surface area contributed by atoms with Gasteiger partial charge < -0.3 is 5.32 Å². The van der Waals surface area contributed by atoms with Crippen LogP contribution in [0.2, 0.25) is 0 Å². The summed E-state index contributed by atoms with van der Waals surface area (Å²) in [5.41, 5.74) is 2.88. The SMILES string of the molecule is CC[C@H](C(=O)NCCC1=CCCCC1)N(c1cccc(C)c1)S(C)(=O)=O. The molecule has 1 aliphatic carbocycles. The van der Waals surface area contributed by atoms with Gasteiger partial charge in [0, 0.05) is 6.54 Å². The predicted molar refractivity (Wildman–Crippen MR) is 107 cm³/mol. The molecule has 1 aromatic carbocycles. The molecule has 1 atom stereocenters. The van der Waals surface area contributed by atoms with Crippen molar-refractivity contribution in [3.05, 3.63) is 41.5 Å². The minimum atomic E-state index is -3.58. The van der Waals surface area contributed by atoms with E-state index in [4.69, 9.17) is 0 Å². The van der Waals surface area contributed by atoms with Gasteiger partial charge in [0.15, 0.2) is 0 Å². The number of aryl methyl sites for hydroxylation is 1. The van der Waals surface area contributed by atoms with Crippen molar-refractivity contribution in [2.75, 3.05) is 17.1 Å². The van der Waals surface area contributed by atoms with Crippen molar-refractivity contribution in [2.45, 2.75) is 58.4 Å². The first kappa shape index (κ1) is 20.5. The summed E-state index contributed by atoms with van der Waals surface area (Å²) in [7, 11) is -3.58. The molecule has 0 unspecified atom stereocenters. The maximum atomic E-state index is 12.7. The Balaban J connectivity index is 2.11. The van der Waals surface area contributed by atoms with Gasteiger partial charge in [0.1, 0.15) is 6.04 Å². The van der Waals surface area contributed by atoms with Crippen LogP contribution in [0.25, 0.3) is 0 Å². The zero-order valence-corrected chi connectivity index (χ0v) is 16.8. The van der Waals surface area contributed by atoms with Gasteiger partial charge in [-0.2, -0.15) is 0 Å².